The second-order valence-corrected chi connectivity index (χ2v) is 2.87. The van der Waals surface area contributed by atoms with Crippen molar-refractivity contribution < 1.29 is 14.7 Å². The van der Waals surface area contributed by atoms with Crippen LogP contribution in [-0.4, -0.2) is 28.6 Å². The molecule has 0 heterocycles. The second-order valence-electron chi connectivity index (χ2n) is 2.87. The molecule has 13 heavy (non-hydrogen) atoms. The van der Waals surface area contributed by atoms with Crippen LogP contribution in [0.25, 0.3) is 0 Å². The van der Waals surface area contributed by atoms with Gasteiger partial charge >= 0.3 is 5.97 Å². The van der Waals surface area contributed by atoms with Crippen molar-refractivity contribution in [3.05, 3.63) is 0 Å². The smallest absolute Gasteiger partial charge is 0.312 e. The minimum Gasteiger partial charge on any atom is -0.481 e. The molecule has 74 valence electrons. The van der Waals surface area contributed by atoms with Gasteiger partial charge in [0.1, 0.15) is 5.92 Å². The van der Waals surface area contributed by atoms with E-state index in [1.807, 2.05) is 0 Å². The average molecular weight is 186 g/mol. The molecular formula is C8H14N2O3. The number of carboxylic acids is 1. The van der Waals surface area contributed by atoms with Crippen LogP contribution in [0.2, 0.25) is 0 Å². The van der Waals surface area contributed by atoms with Gasteiger partial charge in [0.25, 0.3) is 0 Å². The molecule has 2 atom stereocenters. The van der Waals surface area contributed by atoms with E-state index < -0.39 is 29.4 Å². The number of rotatable bonds is 5. The Hall–Kier alpha value is -1.23. The molecular weight excluding hydrogens is 172 g/mol. The van der Waals surface area contributed by atoms with Gasteiger partial charge < -0.3 is 16.2 Å². The van der Waals surface area contributed by atoms with Crippen molar-refractivity contribution in [2.45, 2.75) is 26.3 Å². The lowest BCUT2D eigenvalue weighted by molar-refractivity contribution is -0.139. The lowest BCUT2D eigenvalue weighted by Crippen LogP contribution is -2.38. The zero-order valence-corrected chi connectivity index (χ0v) is 7.70. The van der Waals surface area contributed by atoms with E-state index in [1.54, 1.807) is 6.92 Å². The molecule has 0 bridgehead atoms. The summed E-state index contributed by atoms with van der Waals surface area (Å²) < 4.78 is 0. The molecule has 0 aliphatic rings. The van der Waals surface area contributed by atoms with E-state index in [9.17, 15) is 9.59 Å². The number of carbonyl (C=O) groups excluding carboxylic acids is 1. The summed E-state index contributed by atoms with van der Waals surface area (Å²) in [5.41, 5.74) is 4.83. The summed E-state index contributed by atoms with van der Waals surface area (Å²) in [6.45, 7) is 3.05. The zero-order chi connectivity index (χ0) is 10.6. The molecule has 5 nitrogen and oxygen atoms in total. The van der Waals surface area contributed by atoms with E-state index in [0.717, 1.165) is 0 Å². The van der Waals surface area contributed by atoms with Gasteiger partial charge in [0.15, 0.2) is 5.78 Å². The first kappa shape index (κ1) is 11.8. The third kappa shape index (κ3) is 2.95. The Morgan fingerprint density at radius 2 is 2.00 bits per heavy atom. The first-order valence-corrected chi connectivity index (χ1v) is 4.02. The van der Waals surface area contributed by atoms with E-state index in [2.05, 4.69) is 0 Å². The molecule has 0 rings (SSSR count). The Bertz CT molecular complexity index is 236. The number of nitrogens with one attached hydrogen (secondary N) is 1. The predicted octanol–water partition coefficient (Wildman–Crippen LogP) is 0.0333. The molecule has 0 aliphatic heterocycles. The number of nitrogens with two attached hydrogens (primary N) is 1. The minimum absolute atomic E-state index is 0.229. The van der Waals surface area contributed by atoms with E-state index >= 15 is 0 Å². The summed E-state index contributed by atoms with van der Waals surface area (Å²) in [4.78, 5) is 21.7. The Labute approximate surface area is 76.4 Å². The molecule has 4 N–H and O–H groups in total. The minimum atomic E-state index is -1.15. The summed E-state index contributed by atoms with van der Waals surface area (Å²) >= 11 is 0. The van der Waals surface area contributed by atoms with E-state index in [0.29, 0.717) is 0 Å². The van der Waals surface area contributed by atoms with Crippen molar-refractivity contribution in [2.24, 2.45) is 11.7 Å². The molecule has 0 radical (unpaired) electrons. The van der Waals surface area contributed by atoms with Crippen molar-refractivity contribution in [3.63, 3.8) is 0 Å². The Kier molecular flexibility index (Phi) is 4.27. The molecule has 0 amide bonds. The van der Waals surface area contributed by atoms with Crippen LogP contribution in [0.1, 0.15) is 20.3 Å². The molecule has 0 saturated carbocycles. The first-order chi connectivity index (χ1) is 5.91. The average Bonchev–Trinajstić information content (AvgIpc) is 2.03. The number of carboxylic acid groups (broad SMARTS) is 1. The van der Waals surface area contributed by atoms with Gasteiger partial charge in [-0.15, -0.1) is 0 Å². The Morgan fingerprint density at radius 3 is 2.23 bits per heavy atom. The highest BCUT2D eigenvalue weighted by atomic mass is 16.4. The number of aliphatic carboxylic acids is 1. The van der Waals surface area contributed by atoms with Gasteiger partial charge in [0.2, 0.25) is 0 Å². The zero-order valence-electron chi connectivity index (χ0n) is 7.70. The summed E-state index contributed by atoms with van der Waals surface area (Å²) in [6.07, 6.45) is 0.229. The molecule has 0 aromatic heterocycles. The Balaban J connectivity index is 4.56. The van der Waals surface area contributed by atoms with E-state index in [4.69, 9.17) is 16.2 Å². The fraction of sp³-hybridized carbons (Fsp3) is 0.625. The molecule has 0 saturated heterocycles. The van der Waals surface area contributed by atoms with Crippen LogP contribution < -0.4 is 5.73 Å². The highest BCUT2D eigenvalue weighted by Gasteiger charge is 2.27. The second kappa shape index (κ2) is 4.71. The van der Waals surface area contributed by atoms with Crippen LogP contribution in [0, 0.1) is 11.3 Å². The first-order valence-electron chi connectivity index (χ1n) is 4.02. The summed E-state index contributed by atoms with van der Waals surface area (Å²) in [7, 11) is 0. The highest BCUT2D eigenvalue weighted by molar-refractivity contribution is 6.43. The molecule has 0 spiro atoms. The maximum Gasteiger partial charge on any atom is 0.312 e. The molecule has 2 unspecified atom stereocenters. The van der Waals surface area contributed by atoms with Gasteiger partial charge in [-0.25, -0.2) is 0 Å². The van der Waals surface area contributed by atoms with Crippen molar-refractivity contribution >= 4 is 17.5 Å². The molecule has 0 aromatic carbocycles. The van der Waals surface area contributed by atoms with Crippen LogP contribution in [0.15, 0.2) is 0 Å². The summed E-state index contributed by atoms with van der Waals surface area (Å²) in [6, 6.07) is -0.805. The largest absolute Gasteiger partial charge is 0.481 e. The predicted molar refractivity (Wildman–Crippen MR) is 47.8 cm³/mol. The van der Waals surface area contributed by atoms with Crippen LogP contribution in [0.4, 0.5) is 0 Å². The van der Waals surface area contributed by atoms with Gasteiger partial charge in [-0.1, -0.05) is 6.92 Å². The quantitative estimate of drug-likeness (QED) is 0.527. The number of ketones is 1. The normalized spacial score (nSPS) is 14.7. The monoisotopic (exact) mass is 186 g/mol. The van der Waals surface area contributed by atoms with Crippen LogP contribution in [-0.2, 0) is 9.59 Å². The summed E-state index contributed by atoms with van der Waals surface area (Å²) in [5, 5.41) is 15.9. The Morgan fingerprint density at radius 1 is 1.54 bits per heavy atom. The third-order valence-electron chi connectivity index (χ3n) is 1.73. The molecule has 0 fully saturated rings. The van der Waals surface area contributed by atoms with Gasteiger partial charge in [-0.05, 0) is 13.3 Å². The standard InChI is InChI=1S/C8H14N2O3/c1-3-5(8(12)13)6(10)7(11)4(2)9/h4-5,10H,3,9H2,1-2H3,(H,12,13). The van der Waals surface area contributed by atoms with Crippen LogP contribution >= 0.6 is 0 Å². The van der Waals surface area contributed by atoms with Crippen molar-refractivity contribution in [3.8, 4) is 0 Å². The van der Waals surface area contributed by atoms with Crippen molar-refractivity contribution in [1.82, 2.24) is 0 Å². The van der Waals surface area contributed by atoms with Crippen molar-refractivity contribution in [1.29, 1.82) is 5.41 Å². The van der Waals surface area contributed by atoms with Crippen molar-refractivity contribution in [2.75, 3.05) is 0 Å². The number of hydrogen-bond donors (Lipinski definition) is 3. The molecule has 5 heteroatoms. The van der Waals surface area contributed by atoms with Gasteiger partial charge in [0.05, 0.1) is 11.8 Å². The van der Waals surface area contributed by atoms with Gasteiger partial charge in [-0.2, -0.15) is 0 Å². The number of Topliss-reactive ketones (excluding diaryl/α,β-unsaturated/α-hetero) is 1. The molecule has 0 aliphatic carbocycles. The van der Waals surface area contributed by atoms with E-state index in [-0.39, 0.29) is 6.42 Å². The van der Waals surface area contributed by atoms with Gasteiger partial charge in [0, 0.05) is 0 Å². The molecule has 0 aromatic rings. The maximum atomic E-state index is 11.1. The topological polar surface area (TPSA) is 104 Å². The van der Waals surface area contributed by atoms with Crippen LogP contribution in [0.5, 0.6) is 0 Å². The lowest BCUT2D eigenvalue weighted by atomic mass is 9.95. The van der Waals surface area contributed by atoms with E-state index in [1.165, 1.54) is 6.92 Å². The fourth-order valence-electron chi connectivity index (χ4n) is 0.919. The lowest BCUT2D eigenvalue weighted by Gasteiger charge is -2.11. The SMILES string of the molecule is CCC(C(=N)C(=O)C(C)N)C(=O)O. The maximum absolute atomic E-state index is 11.1. The summed E-state index contributed by atoms with van der Waals surface area (Å²) in [5.74, 6) is -2.78. The van der Waals surface area contributed by atoms with Crippen LogP contribution in [0.3, 0.4) is 0 Å². The number of hydrogen-bond acceptors (Lipinski definition) is 4. The highest BCUT2D eigenvalue weighted by Crippen LogP contribution is 2.06. The third-order valence-corrected chi connectivity index (χ3v) is 1.73. The van der Waals surface area contributed by atoms with Gasteiger partial charge in [-0.3, -0.25) is 9.59 Å². The number of carbonyl (C=O) groups is 2. The fourth-order valence-corrected chi connectivity index (χ4v) is 0.919.